The van der Waals surface area contributed by atoms with Gasteiger partial charge in [0.2, 0.25) is 5.91 Å². The summed E-state index contributed by atoms with van der Waals surface area (Å²) in [4.78, 5) is 42.0. The highest BCUT2D eigenvalue weighted by Crippen LogP contribution is 2.22. The molecule has 4 aromatic rings. The quantitative estimate of drug-likeness (QED) is 0.238. The van der Waals surface area contributed by atoms with Gasteiger partial charge in [0.25, 0.3) is 5.56 Å². The van der Waals surface area contributed by atoms with Crippen molar-refractivity contribution in [3.63, 3.8) is 0 Å². The number of benzene rings is 3. The summed E-state index contributed by atoms with van der Waals surface area (Å²) < 4.78 is 1.48. The number of nitrogens with one attached hydrogen (secondary N) is 1. The Morgan fingerprint density at radius 1 is 1.00 bits per heavy atom. The van der Waals surface area contributed by atoms with Gasteiger partial charge in [-0.1, -0.05) is 47.6 Å². The van der Waals surface area contributed by atoms with Crippen molar-refractivity contribution in [2.75, 3.05) is 5.75 Å². The van der Waals surface area contributed by atoms with Crippen LogP contribution in [0.3, 0.4) is 0 Å². The largest absolute Gasteiger partial charge is 0.351 e. The molecule has 0 saturated heterocycles. The Labute approximate surface area is 199 Å². The monoisotopic (exact) mass is 477 g/mol. The molecule has 166 valence electrons. The number of hydrogen-bond donors (Lipinski definition) is 1. The number of nitrogens with zero attached hydrogens (tertiary/aromatic N) is 2. The third-order valence-electron chi connectivity index (χ3n) is 5.01. The molecule has 3 aromatic carbocycles. The lowest BCUT2D eigenvalue weighted by Gasteiger charge is -2.13. The van der Waals surface area contributed by atoms with Crippen LogP contribution < -0.4 is 10.9 Å². The van der Waals surface area contributed by atoms with Gasteiger partial charge in [0.1, 0.15) is 0 Å². The van der Waals surface area contributed by atoms with Gasteiger partial charge in [-0.25, -0.2) is 4.98 Å². The Morgan fingerprint density at radius 3 is 2.39 bits per heavy atom. The van der Waals surface area contributed by atoms with Gasteiger partial charge in [0, 0.05) is 17.1 Å². The zero-order chi connectivity index (χ0) is 23.4. The molecule has 0 aliphatic heterocycles. The van der Waals surface area contributed by atoms with Crippen LogP contribution in [0.5, 0.6) is 0 Å². The standard InChI is InChI=1S/C25H20ClN3O3S/c1-16(30)18-8-12-20(13-9-18)29-24(32)21-4-2-3-5-22(21)28-25(29)33-15-23(31)27-14-17-6-10-19(26)11-7-17/h2-13H,14-15H2,1H3,(H,27,31). The molecule has 1 heterocycles. The molecule has 0 unspecified atom stereocenters. The molecule has 0 aliphatic rings. The van der Waals surface area contributed by atoms with E-state index in [0.717, 1.165) is 5.56 Å². The molecule has 0 spiro atoms. The van der Waals surface area contributed by atoms with E-state index in [4.69, 9.17) is 11.6 Å². The van der Waals surface area contributed by atoms with E-state index < -0.39 is 0 Å². The van der Waals surface area contributed by atoms with Crippen LogP contribution in [0, 0.1) is 0 Å². The lowest BCUT2D eigenvalue weighted by molar-refractivity contribution is -0.118. The van der Waals surface area contributed by atoms with E-state index in [-0.39, 0.29) is 23.0 Å². The smallest absolute Gasteiger partial charge is 0.266 e. The van der Waals surface area contributed by atoms with Crippen molar-refractivity contribution in [3.8, 4) is 5.69 Å². The highest BCUT2D eigenvalue weighted by atomic mass is 35.5. The van der Waals surface area contributed by atoms with Crippen molar-refractivity contribution < 1.29 is 9.59 Å². The minimum absolute atomic E-state index is 0.0579. The molecular formula is C25H20ClN3O3S. The summed E-state index contributed by atoms with van der Waals surface area (Å²) >= 11 is 7.07. The third kappa shape index (κ3) is 5.32. The number of carbonyl (C=O) groups excluding carboxylic acids is 2. The summed E-state index contributed by atoms with van der Waals surface area (Å²) in [6.07, 6.45) is 0. The Kier molecular flexibility index (Phi) is 6.91. The molecule has 0 aliphatic carbocycles. The fourth-order valence-corrected chi connectivity index (χ4v) is 4.23. The maximum atomic E-state index is 13.3. The van der Waals surface area contributed by atoms with Gasteiger partial charge in [-0.05, 0) is 61.0 Å². The number of Topliss-reactive ketones (excluding diaryl/α,β-unsaturated/α-hetero) is 1. The van der Waals surface area contributed by atoms with Crippen molar-refractivity contribution in [3.05, 3.63) is 99.3 Å². The summed E-state index contributed by atoms with van der Waals surface area (Å²) in [6.45, 7) is 1.86. The molecule has 33 heavy (non-hydrogen) atoms. The summed E-state index contributed by atoms with van der Waals surface area (Å²) in [5.41, 5.74) is 2.39. The molecule has 0 atom stereocenters. The molecule has 8 heteroatoms. The number of ketones is 1. The second-order valence-corrected chi connectivity index (χ2v) is 8.73. The Bertz CT molecular complexity index is 1380. The van der Waals surface area contributed by atoms with Gasteiger partial charge in [0.15, 0.2) is 10.9 Å². The van der Waals surface area contributed by atoms with Crippen LogP contribution in [0.25, 0.3) is 16.6 Å². The average Bonchev–Trinajstić information content (AvgIpc) is 2.82. The highest BCUT2D eigenvalue weighted by molar-refractivity contribution is 7.99. The van der Waals surface area contributed by atoms with E-state index in [2.05, 4.69) is 10.3 Å². The van der Waals surface area contributed by atoms with E-state index in [0.29, 0.717) is 38.9 Å². The fraction of sp³-hybridized carbons (Fsp3) is 0.120. The normalized spacial score (nSPS) is 10.8. The number of thioether (sulfide) groups is 1. The number of carbonyl (C=O) groups is 2. The van der Waals surface area contributed by atoms with Gasteiger partial charge in [0.05, 0.1) is 22.3 Å². The van der Waals surface area contributed by atoms with Crippen LogP contribution in [-0.4, -0.2) is 27.0 Å². The second-order valence-electron chi connectivity index (χ2n) is 7.35. The number of amides is 1. The van der Waals surface area contributed by atoms with Crippen LogP contribution >= 0.6 is 23.4 Å². The number of para-hydroxylation sites is 1. The summed E-state index contributed by atoms with van der Waals surface area (Å²) in [7, 11) is 0. The van der Waals surface area contributed by atoms with Crippen LogP contribution in [0.1, 0.15) is 22.8 Å². The highest BCUT2D eigenvalue weighted by Gasteiger charge is 2.15. The molecule has 0 bridgehead atoms. The van der Waals surface area contributed by atoms with Gasteiger partial charge < -0.3 is 5.32 Å². The van der Waals surface area contributed by atoms with Crippen molar-refractivity contribution in [2.24, 2.45) is 0 Å². The number of rotatable bonds is 7. The molecule has 0 fully saturated rings. The van der Waals surface area contributed by atoms with Crippen molar-refractivity contribution in [1.29, 1.82) is 0 Å². The topological polar surface area (TPSA) is 81.1 Å². The zero-order valence-electron chi connectivity index (χ0n) is 17.7. The first-order chi connectivity index (χ1) is 15.9. The first-order valence-corrected chi connectivity index (χ1v) is 11.6. The number of aromatic nitrogens is 2. The molecule has 0 radical (unpaired) electrons. The molecule has 4 rings (SSSR count). The second kappa shape index (κ2) is 10.0. The van der Waals surface area contributed by atoms with Crippen molar-refractivity contribution >= 4 is 46.0 Å². The van der Waals surface area contributed by atoms with E-state index in [1.807, 2.05) is 18.2 Å². The maximum Gasteiger partial charge on any atom is 0.266 e. The molecule has 6 nitrogen and oxygen atoms in total. The van der Waals surface area contributed by atoms with Crippen LogP contribution in [0.15, 0.2) is 82.7 Å². The lowest BCUT2D eigenvalue weighted by atomic mass is 10.1. The molecule has 0 saturated carbocycles. The van der Waals surface area contributed by atoms with Gasteiger partial charge in [-0.2, -0.15) is 0 Å². The zero-order valence-corrected chi connectivity index (χ0v) is 19.3. The summed E-state index contributed by atoms with van der Waals surface area (Å²) in [5.74, 6) is -0.155. The third-order valence-corrected chi connectivity index (χ3v) is 6.20. The average molecular weight is 478 g/mol. The maximum absolute atomic E-state index is 13.3. The Hall–Kier alpha value is -3.42. The van der Waals surface area contributed by atoms with E-state index >= 15 is 0 Å². The fourth-order valence-electron chi connectivity index (χ4n) is 3.27. The minimum atomic E-state index is -0.236. The predicted molar refractivity (Wildman–Crippen MR) is 131 cm³/mol. The molecule has 1 amide bonds. The number of halogens is 1. The van der Waals surface area contributed by atoms with E-state index in [9.17, 15) is 14.4 Å². The minimum Gasteiger partial charge on any atom is -0.351 e. The first kappa shape index (κ1) is 22.8. The van der Waals surface area contributed by atoms with Crippen LogP contribution in [0.2, 0.25) is 5.02 Å². The van der Waals surface area contributed by atoms with Gasteiger partial charge >= 0.3 is 0 Å². The Morgan fingerprint density at radius 2 is 1.70 bits per heavy atom. The van der Waals surface area contributed by atoms with Crippen molar-refractivity contribution in [2.45, 2.75) is 18.6 Å². The first-order valence-electron chi connectivity index (χ1n) is 10.2. The summed E-state index contributed by atoms with van der Waals surface area (Å²) in [6, 6.07) is 21.1. The number of hydrogen-bond acceptors (Lipinski definition) is 5. The SMILES string of the molecule is CC(=O)c1ccc(-n2c(SCC(=O)NCc3ccc(Cl)cc3)nc3ccccc3c2=O)cc1. The van der Waals surface area contributed by atoms with E-state index in [1.165, 1.54) is 23.3 Å². The van der Waals surface area contributed by atoms with Crippen LogP contribution in [0.4, 0.5) is 0 Å². The van der Waals surface area contributed by atoms with E-state index in [1.54, 1.807) is 54.6 Å². The molecular weight excluding hydrogens is 458 g/mol. The van der Waals surface area contributed by atoms with Crippen LogP contribution in [-0.2, 0) is 11.3 Å². The summed E-state index contributed by atoms with van der Waals surface area (Å²) in [5, 5.41) is 4.38. The van der Waals surface area contributed by atoms with Crippen molar-refractivity contribution in [1.82, 2.24) is 14.9 Å². The van der Waals surface area contributed by atoms with Gasteiger partial charge in [-0.15, -0.1) is 0 Å². The van der Waals surface area contributed by atoms with Gasteiger partial charge in [-0.3, -0.25) is 19.0 Å². The molecule has 1 aromatic heterocycles. The molecule has 1 N–H and O–H groups in total. The Balaban J connectivity index is 1.59. The lowest BCUT2D eigenvalue weighted by Crippen LogP contribution is -2.26. The predicted octanol–water partition coefficient (Wildman–Crippen LogP) is 4.65. The number of fused-ring (bicyclic) bond motifs is 1.